The number of benzene rings is 1. The Morgan fingerprint density at radius 2 is 1.94 bits per heavy atom. The Morgan fingerprint density at radius 1 is 1.09 bits per heavy atom. The first-order valence-electron chi connectivity index (χ1n) is 11.8. The van der Waals surface area contributed by atoms with Crippen LogP contribution in [0.5, 0.6) is 5.75 Å². The second-order valence-corrected chi connectivity index (χ2v) is 10.7. The van der Waals surface area contributed by atoms with Crippen LogP contribution in [0.15, 0.2) is 41.1 Å². The van der Waals surface area contributed by atoms with E-state index in [1.54, 1.807) is 13.3 Å². The first-order valence-corrected chi connectivity index (χ1v) is 12.6. The molecule has 174 valence electrons. The summed E-state index contributed by atoms with van der Waals surface area (Å²) in [7, 11) is 1.75. The lowest BCUT2D eigenvalue weighted by Crippen LogP contribution is -2.41. The summed E-state index contributed by atoms with van der Waals surface area (Å²) in [4.78, 5) is 10.7. The van der Waals surface area contributed by atoms with E-state index >= 15 is 0 Å². The number of rotatable bonds is 2. The minimum atomic E-state index is -0.0131. The van der Waals surface area contributed by atoms with Crippen LogP contribution in [0, 0.1) is 0 Å². The van der Waals surface area contributed by atoms with Crippen LogP contribution in [0.3, 0.4) is 0 Å². The molecule has 0 spiro atoms. The molecule has 0 amide bonds. The molecule has 1 aromatic carbocycles. The number of aryl methyl sites for hydroxylation is 1. The average Bonchev–Trinajstić information content (AvgIpc) is 3.14. The molecule has 0 N–H and O–H groups in total. The van der Waals surface area contributed by atoms with Gasteiger partial charge in [0.2, 0.25) is 0 Å². The van der Waals surface area contributed by atoms with Crippen molar-refractivity contribution in [1.29, 1.82) is 0 Å². The lowest BCUT2D eigenvalue weighted by Gasteiger charge is -2.34. The van der Waals surface area contributed by atoms with Crippen molar-refractivity contribution in [2.45, 2.75) is 65.1 Å². The van der Waals surface area contributed by atoms with Crippen molar-refractivity contribution in [2.24, 2.45) is 0 Å². The molecule has 0 saturated heterocycles. The topological polar surface area (TPSA) is 39.5 Å². The quantitative estimate of drug-likeness (QED) is 0.399. The molecule has 5 nitrogen and oxygen atoms in total. The number of nitrogens with zero attached hydrogens (tertiary/aromatic N) is 3. The number of hydrogen-bond acceptors (Lipinski definition) is 4. The van der Waals surface area contributed by atoms with Gasteiger partial charge in [0.25, 0.3) is 0 Å². The second kappa shape index (κ2) is 8.90. The lowest BCUT2D eigenvalue weighted by atomic mass is 9.93. The molecule has 0 aliphatic carbocycles. The van der Waals surface area contributed by atoms with Crippen molar-refractivity contribution in [3.8, 4) is 28.1 Å². The summed E-state index contributed by atoms with van der Waals surface area (Å²) in [5.74, 6) is 0.900. The molecule has 33 heavy (non-hydrogen) atoms. The van der Waals surface area contributed by atoms with Gasteiger partial charge >= 0.3 is 0 Å². The summed E-state index contributed by atoms with van der Waals surface area (Å²) in [5.41, 5.74) is 8.69. The molecule has 0 fully saturated rings. The number of hydroxylamine groups is 2. The fourth-order valence-corrected chi connectivity index (χ4v) is 5.96. The third kappa shape index (κ3) is 4.13. The summed E-state index contributed by atoms with van der Waals surface area (Å²) >= 11 is 4.02. The maximum atomic E-state index is 6.41. The first-order chi connectivity index (χ1) is 15.9. The third-order valence-corrected chi connectivity index (χ3v) is 7.67. The molecule has 3 aromatic rings. The van der Waals surface area contributed by atoms with Gasteiger partial charge in [-0.1, -0.05) is 6.07 Å². The van der Waals surface area contributed by atoms with Gasteiger partial charge in [-0.05, 0) is 91.7 Å². The number of aromatic nitrogens is 2. The van der Waals surface area contributed by atoms with Crippen LogP contribution in [0.1, 0.15) is 50.4 Å². The van der Waals surface area contributed by atoms with Crippen molar-refractivity contribution in [1.82, 2.24) is 14.6 Å². The van der Waals surface area contributed by atoms with Gasteiger partial charge in [0.1, 0.15) is 12.4 Å². The van der Waals surface area contributed by atoms with E-state index in [-0.39, 0.29) is 5.54 Å². The van der Waals surface area contributed by atoms with Gasteiger partial charge in [-0.3, -0.25) is 9.82 Å². The molecule has 0 radical (unpaired) electrons. The van der Waals surface area contributed by atoms with Crippen molar-refractivity contribution < 1.29 is 9.57 Å². The number of pyridine rings is 1. The molecule has 0 unspecified atom stereocenters. The SMILES string of the molecule is COc1cc2c(cc1-c1cccnc1)-c1c(Br)c3c(n1CC2)CON(C(C)(C)C)CCCC3. The summed E-state index contributed by atoms with van der Waals surface area (Å²) in [6.45, 7) is 9.18. The molecule has 0 saturated carbocycles. The molecule has 6 heteroatoms. The third-order valence-electron chi connectivity index (χ3n) is 6.82. The highest BCUT2D eigenvalue weighted by atomic mass is 79.9. The minimum absolute atomic E-state index is 0.0131. The van der Waals surface area contributed by atoms with Crippen molar-refractivity contribution in [3.05, 3.63) is 58.0 Å². The first kappa shape index (κ1) is 22.6. The number of methoxy groups -OCH3 is 1. The maximum Gasteiger partial charge on any atom is 0.127 e. The van der Waals surface area contributed by atoms with Gasteiger partial charge in [0.15, 0.2) is 0 Å². The molecule has 2 aliphatic heterocycles. The number of hydrogen-bond donors (Lipinski definition) is 0. The predicted molar refractivity (Wildman–Crippen MR) is 135 cm³/mol. The number of fused-ring (bicyclic) bond motifs is 5. The van der Waals surface area contributed by atoms with Crippen LogP contribution < -0.4 is 4.74 Å². The lowest BCUT2D eigenvalue weighted by molar-refractivity contribution is -0.220. The highest BCUT2D eigenvalue weighted by Crippen LogP contribution is 2.45. The molecule has 2 aliphatic rings. The Hall–Kier alpha value is -2.15. The molecule has 2 aromatic heterocycles. The van der Waals surface area contributed by atoms with Gasteiger partial charge in [-0.15, -0.1) is 0 Å². The van der Waals surface area contributed by atoms with Crippen molar-refractivity contribution in [2.75, 3.05) is 13.7 Å². The Balaban J connectivity index is 1.63. The van der Waals surface area contributed by atoms with Gasteiger partial charge in [-0.2, -0.15) is 5.06 Å². The summed E-state index contributed by atoms with van der Waals surface area (Å²) in [6.07, 6.45) is 8.03. The normalized spacial score (nSPS) is 16.8. The summed E-state index contributed by atoms with van der Waals surface area (Å²) in [5, 5.41) is 2.16. The van der Waals surface area contributed by atoms with E-state index in [4.69, 9.17) is 9.57 Å². The van der Waals surface area contributed by atoms with Gasteiger partial charge in [0, 0.05) is 52.2 Å². The second-order valence-electron chi connectivity index (χ2n) is 9.94. The number of halogens is 1. The predicted octanol–water partition coefficient (Wildman–Crippen LogP) is 6.41. The average molecular weight is 510 g/mol. The van der Waals surface area contributed by atoms with Crippen molar-refractivity contribution in [3.63, 3.8) is 0 Å². The van der Waals surface area contributed by atoms with Crippen LogP contribution in [-0.4, -0.2) is 33.8 Å². The van der Waals surface area contributed by atoms with Crippen molar-refractivity contribution >= 4 is 15.9 Å². The molecule has 5 rings (SSSR count). The highest BCUT2D eigenvalue weighted by molar-refractivity contribution is 9.10. The smallest absolute Gasteiger partial charge is 0.127 e. The Labute approximate surface area is 204 Å². The zero-order valence-corrected chi connectivity index (χ0v) is 21.5. The molecular formula is C27H32BrN3O2. The maximum absolute atomic E-state index is 6.41. The molecule has 0 atom stereocenters. The van der Waals surface area contributed by atoms with Crippen LogP contribution in [0.4, 0.5) is 0 Å². The monoisotopic (exact) mass is 509 g/mol. The van der Waals surface area contributed by atoms with Crippen LogP contribution in [0.2, 0.25) is 0 Å². The van der Waals surface area contributed by atoms with Crippen LogP contribution >= 0.6 is 15.9 Å². The fraction of sp³-hybridized carbons (Fsp3) is 0.444. The van der Waals surface area contributed by atoms with E-state index < -0.39 is 0 Å². The van der Waals surface area contributed by atoms with Crippen LogP contribution in [-0.2, 0) is 30.8 Å². The van der Waals surface area contributed by atoms with E-state index in [2.05, 4.69) is 69.5 Å². The van der Waals surface area contributed by atoms with E-state index in [9.17, 15) is 0 Å². The van der Waals surface area contributed by atoms with E-state index in [0.29, 0.717) is 6.61 Å². The van der Waals surface area contributed by atoms with Crippen LogP contribution in [0.25, 0.3) is 22.4 Å². The molecule has 0 bridgehead atoms. The highest BCUT2D eigenvalue weighted by Gasteiger charge is 2.30. The minimum Gasteiger partial charge on any atom is -0.496 e. The van der Waals surface area contributed by atoms with Gasteiger partial charge in [-0.25, -0.2) is 0 Å². The summed E-state index contributed by atoms with van der Waals surface area (Å²) < 4.78 is 9.48. The van der Waals surface area contributed by atoms with E-state index in [0.717, 1.165) is 55.6 Å². The van der Waals surface area contributed by atoms with E-state index in [1.807, 2.05) is 12.3 Å². The molecular weight excluding hydrogens is 478 g/mol. The Bertz CT molecular complexity index is 1160. The summed E-state index contributed by atoms with van der Waals surface area (Å²) in [6, 6.07) is 8.55. The zero-order chi connectivity index (χ0) is 23.2. The standard InChI is InChI=1S/C27H32BrN3O2/c1-27(2,3)31-12-6-5-9-20-23(17-33-31)30-13-10-18-14-24(32-4)21(19-8-7-11-29-16-19)15-22(18)26(30)25(20)28/h7-8,11,14-16H,5-6,9-10,12-13,17H2,1-4H3. The zero-order valence-electron chi connectivity index (χ0n) is 19.9. The number of ether oxygens (including phenoxy) is 1. The van der Waals surface area contributed by atoms with Gasteiger partial charge < -0.3 is 9.30 Å². The largest absolute Gasteiger partial charge is 0.496 e. The Kier molecular flexibility index (Phi) is 6.10. The molecule has 4 heterocycles. The Morgan fingerprint density at radius 3 is 2.67 bits per heavy atom. The fourth-order valence-electron chi connectivity index (χ4n) is 5.10. The van der Waals surface area contributed by atoms with E-state index in [1.165, 1.54) is 32.6 Å². The van der Waals surface area contributed by atoms with Gasteiger partial charge in [0.05, 0.1) is 18.5 Å².